The van der Waals surface area contributed by atoms with Crippen molar-refractivity contribution >= 4 is 29.2 Å². The Labute approximate surface area is 106 Å². The zero-order chi connectivity index (χ0) is 12.3. The highest BCUT2D eigenvalue weighted by Crippen LogP contribution is 2.26. The molecule has 1 aromatic rings. The molecule has 16 heavy (non-hydrogen) atoms. The van der Waals surface area contributed by atoms with Crippen molar-refractivity contribution in [2.75, 3.05) is 0 Å². The molecule has 4 heteroatoms. The summed E-state index contributed by atoms with van der Waals surface area (Å²) in [4.78, 5) is 11.7. The van der Waals surface area contributed by atoms with Crippen molar-refractivity contribution in [1.29, 1.82) is 0 Å². The van der Waals surface area contributed by atoms with Gasteiger partial charge in [0.2, 0.25) is 0 Å². The van der Waals surface area contributed by atoms with Gasteiger partial charge in [-0.25, -0.2) is 0 Å². The van der Waals surface area contributed by atoms with Crippen molar-refractivity contribution in [2.24, 2.45) is 0 Å². The lowest BCUT2D eigenvalue weighted by molar-refractivity contribution is -0.154. The predicted molar refractivity (Wildman–Crippen MR) is 65.9 cm³/mol. The molecule has 0 N–H and O–H groups in total. The van der Waals surface area contributed by atoms with E-state index in [9.17, 15) is 4.79 Å². The summed E-state index contributed by atoms with van der Waals surface area (Å²) in [5.74, 6) is -0.462. The van der Waals surface area contributed by atoms with Crippen molar-refractivity contribution in [1.82, 2.24) is 0 Å². The number of halogens is 2. The Balaban J connectivity index is 2.78. The van der Waals surface area contributed by atoms with Crippen LogP contribution in [0.25, 0.3) is 0 Å². The Morgan fingerprint density at radius 3 is 2.50 bits per heavy atom. The second-order valence-electron chi connectivity index (χ2n) is 4.45. The van der Waals surface area contributed by atoms with Crippen molar-refractivity contribution in [3.63, 3.8) is 0 Å². The minimum Gasteiger partial charge on any atom is -0.459 e. The molecule has 0 aliphatic heterocycles. The summed E-state index contributed by atoms with van der Waals surface area (Å²) in [5.41, 5.74) is 0.103. The molecule has 0 fully saturated rings. The minimum absolute atomic E-state index is 0.462. The molecule has 2 nitrogen and oxygen atoms in total. The topological polar surface area (TPSA) is 26.3 Å². The average molecular weight is 261 g/mol. The van der Waals surface area contributed by atoms with E-state index in [0.717, 1.165) is 0 Å². The van der Waals surface area contributed by atoms with Gasteiger partial charge in [-0.05, 0) is 38.5 Å². The van der Waals surface area contributed by atoms with Crippen LogP contribution in [0.15, 0.2) is 24.3 Å². The number of alkyl halides is 1. The van der Waals surface area contributed by atoms with Gasteiger partial charge in [0.15, 0.2) is 5.38 Å². The van der Waals surface area contributed by atoms with Crippen LogP contribution in [-0.2, 0) is 9.53 Å². The smallest absolute Gasteiger partial charge is 0.329 e. The third-order valence-corrected chi connectivity index (χ3v) is 2.42. The third-order valence-electron chi connectivity index (χ3n) is 1.76. The first-order valence-electron chi connectivity index (χ1n) is 4.92. The standard InChI is InChI=1S/C12H14Cl2O2/c1-12(2,3)16-11(15)10(14)8-5-4-6-9(13)7-8/h4-7,10H,1-3H3. The van der Waals surface area contributed by atoms with E-state index >= 15 is 0 Å². The fraction of sp³-hybridized carbons (Fsp3) is 0.417. The number of rotatable bonds is 2. The molecule has 0 saturated heterocycles. The maximum Gasteiger partial charge on any atom is 0.329 e. The predicted octanol–water partition coefficient (Wildman–Crippen LogP) is 3.96. The van der Waals surface area contributed by atoms with Crippen LogP contribution in [0.4, 0.5) is 0 Å². The van der Waals surface area contributed by atoms with E-state index < -0.39 is 16.9 Å². The Kier molecular flexibility index (Phi) is 4.22. The van der Waals surface area contributed by atoms with Crippen LogP contribution in [0.2, 0.25) is 5.02 Å². The van der Waals surface area contributed by atoms with Gasteiger partial charge < -0.3 is 4.74 Å². The molecule has 0 aliphatic rings. The third kappa shape index (κ3) is 4.03. The molecule has 0 aromatic heterocycles. The molecule has 0 heterocycles. The van der Waals surface area contributed by atoms with Crippen molar-refractivity contribution < 1.29 is 9.53 Å². The molecule has 0 bridgehead atoms. The van der Waals surface area contributed by atoms with Crippen LogP contribution in [-0.4, -0.2) is 11.6 Å². The molecule has 1 aromatic carbocycles. The first kappa shape index (κ1) is 13.3. The minimum atomic E-state index is -0.821. The number of benzene rings is 1. The van der Waals surface area contributed by atoms with E-state index in [1.54, 1.807) is 45.0 Å². The zero-order valence-electron chi connectivity index (χ0n) is 9.46. The van der Waals surface area contributed by atoms with Crippen LogP contribution >= 0.6 is 23.2 Å². The first-order valence-corrected chi connectivity index (χ1v) is 5.73. The van der Waals surface area contributed by atoms with Gasteiger partial charge in [-0.1, -0.05) is 23.7 Å². The van der Waals surface area contributed by atoms with Gasteiger partial charge in [0.25, 0.3) is 0 Å². The summed E-state index contributed by atoms with van der Waals surface area (Å²) in [6.45, 7) is 5.39. The SMILES string of the molecule is CC(C)(C)OC(=O)C(Cl)c1cccc(Cl)c1. The summed E-state index contributed by atoms with van der Waals surface area (Å²) < 4.78 is 5.18. The normalized spacial score (nSPS) is 13.3. The lowest BCUT2D eigenvalue weighted by Crippen LogP contribution is -2.26. The second kappa shape index (κ2) is 5.07. The lowest BCUT2D eigenvalue weighted by Gasteiger charge is -2.21. The largest absolute Gasteiger partial charge is 0.459 e. The van der Waals surface area contributed by atoms with Gasteiger partial charge >= 0.3 is 5.97 Å². The molecule has 0 aliphatic carbocycles. The molecule has 0 saturated carbocycles. The summed E-state index contributed by atoms with van der Waals surface area (Å²) in [7, 11) is 0. The number of ether oxygens (including phenoxy) is 1. The monoisotopic (exact) mass is 260 g/mol. The van der Waals surface area contributed by atoms with E-state index in [0.29, 0.717) is 10.6 Å². The van der Waals surface area contributed by atoms with Crippen LogP contribution < -0.4 is 0 Å². The number of esters is 1. The Morgan fingerprint density at radius 1 is 1.38 bits per heavy atom. The molecule has 1 unspecified atom stereocenters. The quantitative estimate of drug-likeness (QED) is 0.595. The van der Waals surface area contributed by atoms with Crippen LogP contribution in [0.5, 0.6) is 0 Å². The van der Waals surface area contributed by atoms with Gasteiger partial charge in [-0.3, -0.25) is 4.79 Å². The van der Waals surface area contributed by atoms with E-state index in [1.165, 1.54) is 0 Å². The van der Waals surface area contributed by atoms with Gasteiger partial charge in [0, 0.05) is 5.02 Å². The Hall–Kier alpha value is -0.730. The number of carbonyl (C=O) groups excluding carboxylic acids is 1. The first-order chi connectivity index (χ1) is 7.29. The van der Waals surface area contributed by atoms with Crippen molar-refractivity contribution in [3.8, 4) is 0 Å². The van der Waals surface area contributed by atoms with Crippen molar-refractivity contribution in [2.45, 2.75) is 31.7 Å². The van der Waals surface area contributed by atoms with Gasteiger partial charge in [-0.2, -0.15) is 0 Å². The fourth-order valence-electron chi connectivity index (χ4n) is 1.15. The highest BCUT2D eigenvalue weighted by atomic mass is 35.5. The molecule has 88 valence electrons. The molecule has 1 atom stereocenters. The molecular weight excluding hydrogens is 247 g/mol. The van der Waals surface area contributed by atoms with E-state index in [-0.39, 0.29) is 0 Å². The summed E-state index contributed by atoms with van der Waals surface area (Å²) >= 11 is 11.8. The number of hydrogen-bond donors (Lipinski definition) is 0. The summed E-state index contributed by atoms with van der Waals surface area (Å²) in [5, 5.41) is -0.273. The van der Waals surface area contributed by atoms with Crippen LogP contribution in [0, 0.1) is 0 Å². The molecule has 0 amide bonds. The highest BCUT2D eigenvalue weighted by Gasteiger charge is 2.24. The molecule has 0 radical (unpaired) electrons. The van der Waals surface area contributed by atoms with Gasteiger partial charge in [0.1, 0.15) is 5.60 Å². The van der Waals surface area contributed by atoms with E-state index in [4.69, 9.17) is 27.9 Å². The van der Waals surface area contributed by atoms with Crippen LogP contribution in [0.3, 0.4) is 0 Å². The number of carbonyl (C=O) groups is 1. The maximum atomic E-state index is 11.7. The van der Waals surface area contributed by atoms with Gasteiger partial charge in [-0.15, -0.1) is 11.6 Å². The maximum absolute atomic E-state index is 11.7. The van der Waals surface area contributed by atoms with Gasteiger partial charge in [0.05, 0.1) is 0 Å². The Morgan fingerprint density at radius 2 is 2.00 bits per heavy atom. The van der Waals surface area contributed by atoms with Crippen LogP contribution in [0.1, 0.15) is 31.7 Å². The van der Waals surface area contributed by atoms with Crippen molar-refractivity contribution in [3.05, 3.63) is 34.9 Å². The lowest BCUT2D eigenvalue weighted by atomic mass is 10.1. The number of hydrogen-bond acceptors (Lipinski definition) is 2. The summed E-state index contributed by atoms with van der Waals surface area (Å²) in [6, 6.07) is 6.87. The summed E-state index contributed by atoms with van der Waals surface area (Å²) in [6.07, 6.45) is 0. The highest BCUT2D eigenvalue weighted by molar-refractivity contribution is 6.32. The zero-order valence-corrected chi connectivity index (χ0v) is 11.0. The average Bonchev–Trinajstić information content (AvgIpc) is 2.14. The molecule has 0 spiro atoms. The second-order valence-corrected chi connectivity index (χ2v) is 5.32. The molecule has 1 rings (SSSR count). The van der Waals surface area contributed by atoms with E-state index in [2.05, 4.69) is 0 Å². The van der Waals surface area contributed by atoms with E-state index in [1.807, 2.05) is 0 Å². The fourth-order valence-corrected chi connectivity index (χ4v) is 1.53. The Bertz CT molecular complexity index is 383. The molecular formula is C12H14Cl2O2.